The first kappa shape index (κ1) is 21.6. The zero-order chi connectivity index (χ0) is 21.0. The lowest BCUT2D eigenvalue weighted by Gasteiger charge is -2.12. The maximum Gasteiger partial charge on any atom is 0.213 e. The molecule has 2 N–H and O–H groups in total. The van der Waals surface area contributed by atoms with Crippen LogP contribution in [-0.4, -0.2) is 42.7 Å². The molecule has 0 radical (unpaired) electrons. The zero-order valence-corrected chi connectivity index (χ0v) is 18.1. The van der Waals surface area contributed by atoms with E-state index in [1.54, 1.807) is 24.6 Å². The van der Waals surface area contributed by atoms with Crippen molar-refractivity contribution in [2.75, 3.05) is 26.8 Å². The highest BCUT2D eigenvalue weighted by atomic mass is 32.1. The summed E-state index contributed by atoms with van der Waals surface area (Å²) in [6.07, 6.45) is 4.58. The summed E-state index contributed by atoms with van der Waals surface area (Å²) in [6.45, 7) is 4.38. The number of aliphatic imine (C=N–C) groups is 1. The first-order valence-electron chi connectivity index (χ1n) is 9.84. The molecule has 3 aromatic rings. The van der Waals surface area contributed by atoms with Gasteiger partial charge in [-0.15, -0.1) is 11.3 Å². The molecule has 2 aromatic heterocycles. The van der Waals surface area contributed by atoms with Gasteiger partial charge in [0, 0.05) is 49.9 Å². The summed E-state index contributed by atoms with van der Waals surface area (Å²) in [5, 5.41) is 7.72. The maximum absolute atomic E-state index is 5.63. The average Bonchev–Trinajstić information content (AvgIpc) is 3.20. The molecule has 0 bridgehead atoms. The molecule has 0 aliphatic rings. The van der Waals surface area contributed by atoms with Crippen LogP contribution in [0, 0.1) is 6.92 Å². The molecule has 30 heavy (non-hydrogen) atoms. The first-order chi connectivity index (χ1) is 14.7. The van der Waals surface area contributed by atoms with Crippen LogP contribution in [0.2, 0.25) is 0 Å². The van der Waals surface area contributed by atoms with Gasteiger partial charge in [0.15, 0.2) is 5.96 Å². The van der Waals surface area contributed by atoms with Gasteiger partial charge < -0.3 is 20.1 Å². The summed E-state index contributed by atoms with van der Waals surface area (Å²) in [4.78, 5) is 14.2. The minimum Gasteiger partial charge on any atom is -0.490 e. The van der Waals surface area contributed by atoms with Crippen molar-refractivity contribution < 1.29 is 9.47 Å². The Hall–Kier alpha value is -3.13. The lowest BCUT2D eigenvalue weighted by molar-refractivity contribution is 0.212. The predicted molar refractivity (Wildman–Crippen MR) is 120 cm³/mol. The van der Waals surface area contributed by atoms with Crippen molar-refractivity contribution in [3.63, 3.8) is 0 Å². The molecule has 0 fully saturated rings. The Morgan fingerprint density at radius 2 is 1.83 bits per heavy atom. The predicted octanol–water partition coefficient (Wildman–Crippen LogP) is 3.21. The molecule has 0 unspecified atom stereocenters. The van der Waals surface area contributed by atoms with Gasteiger partial charge >= 0.3 is 0 Å². The number of guanidine groups is 1. The van der Waals surface area contributed by atoms with Gasteiger partial charge in [-0.25, -0.2) is 9.97 Å². The fourth-order valence-electron chi connectivity index (χ4n) is 2.63. The third-order valence-electron chi connectivity index (χ3n) is 4.13. The number of aryl methyl sites for hydroxylation is 1. The summed E-state index contributed by atoms with van der Waals surface area (Å²) in [6, 6.07) is 13.5. The molecule has 0 saturated carbocycles. The Kier molecular flexibility index (Phi) is 8.47. The van der Waals surface area contributed by atoms with Crippen molar-refractivity contribution in [2.24, 2.45) is 4.99 Å². The van der Waals surface area contributed by atoms with Crippen LogP contribution in [0.5, 0.6) is 11.6 Å². The van der Waals surface area contributed by atoms with Gasteiger partial charge in [0.25, 0.3) is 0 Å². The molecular formula is C22H27N5O2S. The van der Waals surface area contributed by atoms with Crippen LogP contribution < -0.4 is 20.1 Å². The fourth-order valence-corrected chi connectivity index (χ4v) is 3.42. The normalized spacial score (nSPS) is 11.2. The van der Waals surface area contributed by atoms with Crippen LogP contribution >= 0.6 is 11.3 Å². The van der Waals surface area contributed by atoms with E-state index in [1.807, 2.05) is 48.7 Å². The molecule has 0 atom stereocenters. The van der Waals surface area contributed by atoms with Gasteiger partial charge in [-0.2, -0.15) is 0 Å². The maximum atomic E-state index is 5.63. The van der Waals surface area contributed by atoms with Gasteiger partial charge in [0.05, 0.1) is 5.01 Å². The van der Waals surface area contributed by atoms with Crippen molar-refractivity contribution in [3.8, 4) is 11.6 Å². The third kappa shape index (κ3) is 7.36. The number of hydrogen-bond acceptors (Lipinski definition) is 6. The molecule has 0 amide bonds. The number of ether oxygens (including phenoxy) is 2. The Morgan fingerprint density at radius 3 is 2.53 bits per heavy atom. The monoisotopic (exact) mass is 425 g/mol. The van der Waals surface area contributed by atoms with E-state index in [9.17, 15) is 0 Å². The van der Waals surface area contributed by atoms with E-state index in [-0.39, 0.29) is 0 Å². The average molecular weight is 426 g/mol. The van der Waals surface area contributed by atoms with Crippen LogP contribution in [-0.2, 0) is 13.0 Å². The van der Waals surface area contributed by atoms with Gasteiger partial charge in [-0.1, -0.05) is 24.3 Å². The number of nitrogens with zero attached hydrogens (tertiary/aromatic N) is 3. The van der Waals surface area contributed by atoms with E-state index in [0.717, 1.165) is 35.2 Å². The molecular weight excluding hydrogens is 398 g/mol. The molecule has 0 aliphatic carbocycles. The summed E-state index contributed by atoms with van der Waals surface area (Å²) >= 11 is 1.72. The van der Waals surface area contributed by atoms with E-state index < -0.39 is 0 Å². The van der Waals surface area contributed by atoms with Gasteiger partial charge in [0.2, 0.25) is 5.88 Å². The largest absolute Gasteiger partial charge is 0.490 e. The van der Waals surface area contributed by atoms with E-state index in [0.29, 0.717) is 25.6 Å². The Labute approximate surface area is 181 Å². The number of nitrogens with one attached hydrogen (secondary N) is 2. The summed E-state index contributed by atoms with van der Waals surface area (Å²) in [5.74, 6) is 2.16. The van der Waals surface area contributed by atoms with Crippen molar-refractivity contribution in [2.45, 2.75) is 19.9 Å². The highest BCUT2D eigenvalue weighted by Crippen LogP contribution is 2.11. The molecule has 0 aliphatic heterocycles. The number of para-hydroxylation sites is 1. The van der Waals surface area contributed by atoms with Crippen LogP contribution in [0.15, 0.2) is 59.9 Å². The molecule has 1 aromatic carbocycles. The van der Waals surface area contributed by atoms with Crippen molar-refractivity contribution in [1.82, 2.24) is 20.6 Å². The summed E-state index contributed by atoms with van der Waals surface area (Å²) < 4.78 is 11.2. The minimum absolute atomic E-state index is 0.439. The second-order valence-corrected chi connectivity index (χ2v) is 7.80. The Balaban J connectivity index is 1.33. The minimum atomic E-state index is 0.439. The highest BCUT2D eigenvalue weighted by Gasteiger charge is 2.02. The molecule has 0 spiro atoms. The first-order valence-corrected chi connectivity index (χ1v) is 10.7. The second-order valence-electron chi connectivity index (χ2n) is 6.48. The van der Waals surface area contributed by atoms with Gasteiger partial charge in [0.1, 0.15) is 19.0 Å². The number of rotatable bonds is 10. The van der Waals surface area contributed by atoms with E-state index in [1.165, 1.54) is 4.88 Å². The highest BCUT2D eigenvalue weighted by molar-refractivity contribution is 7.11. The molecule has 0 saturated heterocycles. The van der Waals surface area contributed by atoms with Crippen molar-refractivity contribution in [3.05, 3.63) is 70.3 Å². The Morgan fingerprint density at radius 1 is 1.00 bits per heavy atom. The van der Waals surface area contributed by atoms with Crippen molar-refractivity contribution in [1.29, 1.82) is 0 Å². The molecule has 2 heterocycles. The number of aromatic nitrogens is 2. The number of benzene rings is 1. The third-order valence-corrected chi connectivity index (χ3v) is 5.10. The molecule has 158 valence electrons. The van der Waals surface area contributed by atoms with Crippen LogP contribution in [0.4, 0.5) is 0 Å². The van der Waals surface area contributed by atoms with Crippen LogP contribution in [0.25, 0.3) is 0 Å². The molecule has 3 rings (SSSR count). The molecule has 7 nitrogen and oxygen atoms in total. The standard InChI is InChI=1S/C22H27N5O2S/c1-17-14-26-21(30-17)10-11-24-22(23-2)27-16-18-8-9-20(25-15-18)29-13-12-28-19-6-4-3-5-7-19/h3-9,14-15H,10-13,16H2,1-2H3,(H2,23,24,27). The summed E-state index contributed by atoms with van der Waals surface area (Å²) in [5.41, 5.74) is 1.04. The van der Waals surface area contributed by atoms with Crippen LogP contribution in [0.1, 0.15) is 15.4 Å². The van der Waals surface area contributed by atoms with Crippen LogP contribution in [0.3, 0.4) is 0 Å². The van der Waals surface area contributed by atoms with E-state index in [4.69, 9.17) is 9.47 Å². The van der Waals surface area contributed by atoms with Crippen molar-refractivity contribution >= 4 is 17.3 Å². The summed E-state index contributed by atoms with van der Waals surface area (Å²) in [7, 11) is 1.76. The number of hydrogen-bond donors (Lipinski definition) is 2. The second kappa shape index (κ2) is 11.8. The number of pyridine rings is 1. The topological polar surface area (TPSA) is 80.7 Å². The number of thiazole rings is 1. The molecule has 8 heteroatoms. The Bertz CT molecular complexity index is 913. The van der Waals surface area contributed by atoms with E-state index in [2.05, 4.69) is 32.5 Å². The van der Waals surface area contributed by atoms with Gasteiger partial charge in [-0.05, 0) is 24.6 Å². The lowest BCUT2D eigenvalue weighted by atomic mass is 10.3. The fraction of sp³-hybridized carbons (Fsp3) is 0.318. The van der Waals surface area contributed by atoms with Gasteiger partial charge in [-0.3, -0.25) is 4.99 Å². The SMILES string of the molecule is CN=C(NCCc1ncc(C)s1)NCc1ccc(OCCOc2ccccc2)nc1. The zero-order valence-electron chi connectivity index (χ0n) is 17.3. The smallest absolute Gasteiger partial charge is 0.213 e. The van der Waals surface area contributed by atoms with E-state index >= 15 is 0 Å². The quantitative estimate of drug-likeness (QED) is 0.295. The lowest BCUT2D eigenvalue weighted by Crippen LogP contribution is -2.37.